The van der Waals surface area contributed by atoms with E-state index in [1.165, 1.54) is 44.9 Å². The van der Waals surface area contributed by atoms with Crippen LogP contribution in [0.3, 0.4) is 0 Å². The molecular formula is C16H29N3O. The van der Waals surface area contributed by atoms with E-state index in [9.17, 15) is 0 Å². The summed E-state index contributed by atoms with van der Waals surface area (Å²) >= 11 is 0. The zero-order valence-corrected chi connectivity index (χ0v) is 12.6. The lowest BCUT2D eigenvalue weighted by molar-refractivity contribution is -0.0731. The molecule has 0 aromatic rings. The molecule has 114 valence electrons. The molecule has 0 aromatic heterocycles. The number of nitrogens with one attached hydrogen (secondary N) is 1. The van der Waals surface area contributed by atoms with E-state index in [1.807, 2.05) is 0 Å². The van der Waals surface area contributed by atoms with Crippen molar-refractivity contribution in [3.8, 4) is 0 Å². The normalized spacial score (nSPS) is 31.7. The number of hydrogen-bond acceptors (Lipinski definition) is 3. The van der Waals surface area contributed by atoms with E-state index in [0.29, 0.717) is 17.9 Å². The van der Waals surface area contributed by atoms with Crippen molar-refractivity contribution < 1.29 is 4.74 Å². The molecule has 3 N–H and O–H groups in total. The standard InChI is InChI=1S/C16H29N3O/c17-15(18)13-5-10-19(11-6-13)12-14-4-9-16(20-14)7-2-1-3-8-16/h13-14H,1-12H2,(H3,17,18). The number of amidine groups is 1. The first-order chi connectivity index (χ1) is 9.67. The molecule has 1 aliphatic carbocycles. The van der Waals surface area contributed by atoms with Gasteiger partial charge >= 0.3 is 0 Å². The van der Waals surface area contributed by atoms with Crippen LogP contribution in [-0.2, 0) is 4.74 Å². The summed E-state index contributed by atoms with van der Waals surface area (Å²) in [6.07, 6.45) is 11.8. The molecule has 0 amide bonds. The van der Waals surface area contributed by atoms with Gasteiger partial charge in [-0.15, -0.1) is 0 Å². The number of piperidine rings is 1. The number of hydrogen-bond donors (Lipinski definition) is 2. The average Bonchev–Trinajstić information content (AvgIpc) is 2.83. The maximum absolute atomic E-state index is 7.54. The van der Waals surface area contributed by atoms with Crippen molar-refractivity contribution >= 4 is 5.84 Å². The van der Waals surface area contributed by atoms with Crippen LogP contribution in [-0.4, -0.2) is 42.1 Å². The van der Waals surface area contributed by atoms with Gasteiger partial charge in [-0.3, -0.25) is 5.41 Å². The summed E-state index contributed by atoms with van der Waals surface area (Å²) in [6.45, 7) is 3.25. The van der Waals surface area contributed by atoms with Gasteiger partial charge in [0.2, 0.25) is 0 Å². The summed E-state index contributed by atoms with van der Waals surface area (Å²) in [4.78, 5) is 2.52. The zero-order chi connectivity index (χ0) is 14.0. The molecule has 3 fully saturated rings. The van der Waals surface area contributed by atoms with Crippen LogP contribution in [0.25, 0.3) is 0 Å². The lowest BCUT2D eigenvalue weighted by Gasteiger charge is -2.36. The molecule has 4 heteroatoms. The second kappa shape index (κ2) is 6.02. The van der Waals surface area contributed by atoms with Gasteiger partial charge in [-0.1, -0.05) is 19.3 Å². The highest BCUT2D eigenvalue weighted by Gasteiger charge is 2.41. The maximum Gasteiger partial charge on any atom is 0.0937 e. The van der Waals surface area contributed by atoms with E-state index in [-0.39, 0.29) is 5.60 Å². The third-order valence-electron chi connectivity index (χ3n) is 5.59. The van der Waals surface area contributed by atoms with Gasteiger partial charge in [0, 0.05) is 12.5 Å². The molecule has 20 heavy (non-hydrogen) atoms. The van der Waals surface area contributed by atoms with Crippen molar-refractivity contribution in [3.63, 3.8) is 0 Å². The van der Waals surface area contributed by atoms with Gasteiger partial charge in [-0.25, -0.2) is 0 Å². The maximum atomic E-state index is 7.54. The molecule has 0 aromatic carbocycles. The average molecular weight is 279 g/mol. The number of nitrogens with two attached hydrogens (primary N) is 1. The molecule has 2 heterocycles. The monoisotopic (exact) mass is 279 g/mol. The Hall–Kier alpha value is -0.610. The minimum absolute atomic E-state index is 0.251. The first-order valence-corrected chi connectivity index (χ1v) is 8.41. The van der Waals surface area contributed by atoms with Gasteiger partial charge in [-0.05, 0) is 51.6 Å². The third kappa shape index (κ3) is 3.17. The molecule has 3 aliphatic rings. The highest BCUT2D eigenvalue weighted by molar-refractivity contribution is 5.79. The van der Waals surface area contributed by atoms with Gasteiger partial charge < -0.3 is 15.4 Å². The van der Waals surface area contributed by atoms with Crippen LogP contribution >= 0.6 is 0 Å². The van der Waals surface area contributed by atoms with Crippen LogP contribution in [0.2, 0.25) is 0 Å². The highest BCUT2D eigenvalue weighted by Crippen LogP contribution is 2.42. The van der Waals surface area contributed by atoms with Gasteiger partial charge in [0.25, 0.3) is 0 Å². The molecule has 1 saturated carbocycles. The Morgan fingerprint density at radius 1 is 1.10 bits per heavy atom. The first-order valence-electron chi connectivity index (χ1n) is 8.41. The Labute approximate surface area is 122 Å². The van der Waals surface area contributed by atoms with Gasteiger partial charge in [0.15, 0.2) is 0 Å². The third-order valence-corrected chi connectivity index (χ3v) is 5.59. The Balaban J connectivity index is 1.44. The molecule has 4 nitrogen and oxygen atoms in total. The van der Waals surface area contributed by atoms with Crippen LogP contribution in [0.5, 0.6) is 0 Å². The molecular weight excluding hydrogens is 250 g/mol. The topological polar surface area (TPSA) is 62.3 Å². The van der Waals surface area contributed by atoms with E-state index >= 15 is 0 Å². The van der Waals surface area contributed by atoms with Crippen molar-refractivity contribution in [2.45, 2.75) is 69.5 Å². The van der Waals surface area contributed by atoms with Crippen LogP contribution < -0.4 is 5.73 Å². The van der Waals surface area contributed by atoms with Crippen LogP contribution in [0.15, 0.2) is 0 Å². The van der Waals surface area contributed by atoms with Gasteiger partial charge in [-0.2, -0.15) is 0 Å². The quantitative estimate of drug-likeness (QED) is 0.616. The molecule has 1 atom stereocenters. The predicted octanol–water partition coefficient (Wildman–Crippen LogP) is 2.52. The second-order valence-electron chi connectivity index (χ2n) is 7.05. The highest BCUT2D eigenvalue weighted by atomic mass is 16.5. The van der Waals surface area contributed by atoms with Crippen molar-refractivity contribution in [2.75, 3.05) is 19.6 Å². The van der Waals surface area contributed by atoms with Crippen molar-refractivity contribution in [3.05, 3.63) is 0 Å². The predicted molar refractivity (Wildman–Crippen MR) is 81.0 cm³/mol. The van der Waals surface area contributed by atoms with Crippen LogP contribution in [0, 0.1) is 11.3 Å². The summed E-state index contributed by atoms with van der Waals surface area (Å²) < 4.78 is 6.46. The summed E-state index contributed by atoms with van der Waals surface area (Å²) in [7, 11) is 0. The molecule has 2 saturated heterocycles. The van der Waals surface area contributed by atoms with E-state index in [2.05, 4.69) is 4.90 Å². The summed E-state index contributed by atoms with van der Waals surface area (Å²) in [5.41, 5.74) is 5.86. The summed E-state index contributed by atoms with van der Waals surface area (Å²) in [5.74, 6) is 0.698. The van der Waals surface area contributed by atoms with Gasteiger partial charge in [0.1, 0.15) is 0 Å². The van der Waals surface area contributed by atoms with Crippen LogP contribution in [0.1, 0.15) is 57.8 Å². The Kier molecular flexibility index (Phi) is 4.32. The number of likely N-dealkylation sites (tertiary alicyclic amines) is 1. The van der Waals surface area contributed by atoms with E-state index in [0.717, 1.165) is 32.5 Å². The van der Waals surface area contributed by atoms with Crippen molar-refractivity contribution in [1.29, 1.82) is 5.41 Å². The number of rotatable bonds is 3. The minimum atomic E-state index is 0.251. The molecule has 0 bridgehead atoms. The first kappa shape index (κ1) is 14.3. The summed E-state index contributed by atoms with van der Waals surface area (Å²) in [6, 6.07) is 0. The zero-order valence-electron chi connectivity index (χ0n) is 12.6. The second-order valence-corrected chi connectivity index (χ2v) is 7.05. The number of ether oxygens (including phenoxy) is 1. The largest absolute Gasteiger partial charge is 0.387 e. The molecule has 1 spiro atoms. The molecule has 2 aliphatic heterocycles. The smallest absolute Gasteiger partial charge is 0.0937 e. The lowest BCUT2D eigenvalue weighted by atomic mass is 9.83. The Bertz CT molecular complexity index is 344. The fourth-order valence-corrected chi connectivity index (χ4v) is 4.30. The SMILES string of the molecule is N=C(N)C1CCN(CC2CCC3(CCCCC3)O2)CC1. The lowest BCUT2D eigenvalue weighted by Crippen LogP contribution is -2.42. The Morgan fingerprint density at radius 3 is 2.45 bits per heavy atom. The minimum Gasteiger partial charge on any atom is -0.387 e. The Morgan fingerprint density at radius 2 is 1.80 bits per heavy atom. The van der Waals surface area contributed by atoms with Crippen LogP contribution in [0.4, 0.5) is 0 Å². The molecule has 0 radical (unpaired) electrons. The number of nitrogens with zero attached hydrogens (tertiary/aromatic N) is 1. The van der Waals surface area contributed by atoms with Gasteiger partial charge in [0.05, 0.1) is 17.5 Å². The van der Waals surface area contributed by atoms with Crippen molar-refractivity contribution in [2.24, 2.45) is 11.7 Å². The molecule has 3 rings (SSSR count). The fourth-order valence-electron chi connectivity index (χ4n) is 4.30. The van der Waals surface area contributed by atoms with E-state index < -0.39 is 0 Å². The molecule has 1 unspecified atom stereocenters. The van der Waals surface area contributed by atoms with Crippen molar-refractivity contribution in [1.82, 2.24) is 4.90 Å². The van der Waals surface area contributed by atoms with E-state index in [4.69, 9.17) is 15.9 Å². The summed E-state index contributed by atoms with van der Waals surface area (Å²) in [5, 5.41) is 7.54. The van der Waals surface area contributed by atoms with E-state index in [1.54, 1.807) is 0 Å². The fraction of sp³-hybridized carbons (Fsp3) is 0.938.